The van der Waals surface area contributed by atoms with Gasteiger partial charge in [0.05, 0.1) is 0 Å². The molecule has 120 valence electrons. The van der Waals surface area contributed by atoms with E-state index in [1.54, 1.807) is 12.3 Å². The molecule has 3 rings (SSSR count). The van der Waals surface area contributed by atoms with Crippen molar-refractivity contribution in [2.24, 2.45) is 0 Å². The SMILES string of the molecule is CCc1cnc(N2CCCC(NC(=O)c3ccncn3)C2)nc1. The normalized spacial score (nSPS) is 17.8. The standard InChI is InChI=1S/C16H20N6O/c1-2-12-8-18-16(19-9-12)22-7-3-4-13(10-22)21-15(23)14-5-6-17-11-20-14/h5-6,8-9,11,13H,2-4,7,10H2,1H3,(H,21,23). The van der Waals surface area contributed by atoms with E-state index in [4.69, 9.17) is 0 Å². The van der Waals surface area contributed by atoms with E-state index in [9.17, 15) is 4.79 Å². The predicted octanol–water partition coefficient (Wildman–Crippen LogP) is 1.23. The molecule has 0 spiro atoms. The Morgan fingerprint density at radius 2 is 2.17 bits per heavy atom. The second-order valence-corrected chi connectivity index (χ2v) is 5.60. The summed E-state index contributed by atoms with van der Waals surface area (Å²) in [5, 5.41) is 3.03. The van der Waals surface area contributed by atoms with Crippen molar-refractivity contribution in [1.29, 1.82) is 0 Å². The highest BCUT2D eigenvalue weighted by Gasteiger charge is 2.23. The minimum Gasteiger partial charge on any atom is -0.346 e. The number of amides is 1. The van der Waals surface area contributed by atoms with Crippen LogP contribution < -0.4 is 10.2 Å². The maximum Gasteiger partial charge on any atom is 0.270 e. The van der Waals surface area contributed by atoms with E-state index in [1.807, 2.05) is 12.4 Å². The molecule has 1 aliphatic heterocycles. The van der Waals surface area contributed by atoms with E-state index in [0.29, 0.717) is 12.2 Å². The van der Waals surface area contributed by atoms with Crippen LogP contribution in [0.5, 0.6) is 0 Å². The summed E-state index contributed by atoms with van der Waals surface area (Å²) >= 11 is 0. The predicted molar refractivity (Wildman–Crippen MR) is 86.1 cm³/mol. The minimum absolute atomic E-state index is 0.0701. The van der Waals surface area contributed by atoms with Crippen LogP contribution >= 0.6 is 0 Å². The molecular formula is C16H20N6O. The highest BCUT2D eigenvalue weighted by molar-refractivity contribution is 5.92. The molecule has 1 saturated heterocycles. The van der Waals surface area contributed by atoms with E-state index >= 15 is 0 Å². The number of nitrogens with one attached hydrogen (secondary N) is 1. The molecule has 0 bridgehead atoms. The van der Waals surface area contributed by atoms with Gasteiger partial charge in [0, 0.05) is 37.7 Å². The lowest BCUT2D eigenvalue weighted by atomic mass is 10.1. The fourth-order valence-corrected chi connectivity index (χ4v) is 2.65. The van der Waals surface area contributed by atoms with Gasteiger partial charge in [-0.15, -0.1) is 0 Å². The first kappa shape index (κ1) is 15.3. The summed E-state index contributed by atoms with van der Waals surface area (Å²) in [5.41, 5.74) is 1.51. The Bertz CT molecular complexity index is 645. The van der Waals surface area contributed by atoms with Gasteiger partial charge in [-0.3, -0.25) is 4.79 Å². The average Bonchev–Trinajstić information content (AvgIpc) is 2.63. The second kappa shape index (κ2) is 7.13. The molecule has 0 saturated carbocycles. The lowest BCUT2D eigenvalue weighted by Crippen LogP contribution is -2.48. The monoisotopic (exact) mass is 312 g/mol. The zero-order valence-corrected chi connectivity index (χ0v) is 13.1. The van der Waals surface area contributed by atoms with Crippen LogP contribution in [0.15, 0.2) is 31.0 Å². The second-order valence-electron chi connectivity index (χ2n) is 5.60. The van der Waals surface area contributed by atoms with Crippen LogP contribution in [-0.4, -0.2) is 45.0 Å². The number of anilines is 1. The Kier molecular flexibility index (Phi) is 4.75. The molecule has 0 aromatic carbocycles. The number of hydrogen-bond donors (Lipinski definition) is 1. The third-order valence-electron chi connectivity index (χ3n) is 3.95. The first-order valence-electron chi connectivity index (χ1n) is 7.89. The van der Waals surface area contributed by atoms with Crippen molar-refractivity contribution in [3.8, 4) is 0 Å². The molecule has 7 nitrogen and oxygen atoms in total. The number of rotatable bonds is 4. The van der Waals surface area contributed by atoms with Gasteiger partial charge in [0.15, 0.2) is 0 Å². The molecule has 3 heterocycles. The highest BCUT2D eigenvalue weighted by atomic mass is 16.1. The Morgan fingerprint density at radius 1 is 1.35 bits per heavy atom. The molecule has 0 aliphatic carbocycles. The Hall–Kier alpha value is -2.57. The maximum absolute atomic E-state index is 12.2. The molecule has 1 N–H and O–H groups in total. The molecule has 1 fully saturated rings. The fourth-order valence-electron chi connectivity index (χ4n) is 2.65. The van der Waals surface area contributed by atoms with Crippen LogP contribution in [-0.2, 0) is 6.42 Å². The largest absolute Gasteiger partial charge is 0.346 e. The van der Waals surface area contributed by atoms with E-state index < -0.39 is 0 Å². The number of nitrogens with zero attached hydrogens (tertiary/aromatic N) is 5. The topological polar surface area (TPSA) is 83.9 Å². The van der Waals surface area contributed by atoms with Crippen molar-refractivity contribution in [1.82, 2.24) is 25.3 Å². The molecule has 2 aromatic rings. The Morgan fingerprint density at radius 3 is 2.87 bits per heavy atom. The smallest absolute Gasteiger partial charge is 0.270 e. The Labute approximate surface area is 135 Å². The van der Waals surface area contributed by atoms with Crippen LogP contribution in [0.4, 0.5) is 5.95 Å². The van der Waals surface area contributed by atoms with Crippen molar-refractivity contribution in [2.45, 2.75) is 32.2 Å². The molecule has 1 atom stereocenters. The lowest BCUT2D eigenvalue weighted by Gasteiger charge is -2.33. The number of carbonyl (C=O) groups excluding carboxylic acids is 1. The van der Waals surface area contributed by atoms with Gasteiger partial charge in [0.1, 0.15) is 12.0 Å². The van der Waals surface area contributed by atoms with E-state index in [0.717, 1.165) is 37.3 Å². The van der Waals surface area contributed by atoms with Gasteiger partial charge in [-0.05, 0) is 30.9 Å². The fraction of sp³-hybridized carbons (Fsp3) is 0.438. The average molecular weight is 312 g/mol. The van der Waals surface area contributed by atoms with Crippen LogP contribution in [0.25, 0.3) is 0 Å². The van der Waals surface area contributed by atoms with Gasteiger partial charge in [-0.1, -0.05) is 6.92 Å². The summed E-state index contributed by atoms with van der Waals surface area (Å²) in [7, 11) is 0. The quantitative estimate of drug-likeness (QED) is 0.914. The lowest BCUT2D eigenvalue weighted by molar-refractivity contribution is 0.0928. The van der Waals surface area contributed by atoms with Crippen molar-refractivity contribution in [3.63, 3.8) is 0 Å². The molecule has 2 aromatic heterocycles. The first-order valence-corrected chi connectivity index (χ1v) is 7.89. The number of piperidine rings is 1. The number of aromatic nitrogens is 4. The first-order chi connectivity index (χ1) is 11.3. The van der Waals surface area contributed by atoms with E-state index in [2.05, 4.69) is 37.1 Å². The Balaban J connectivity index is 1.62. The van der Waals surface area contributed by atoms with Gasteiger partial charge in [0.25, 0.3) is 5.91 Å². The summed E-state index contributed by atoms with van der Waals surface area (Å²) in [6.45, 7) is 3.70. The molecule has 7 heteroatoms. The number of hydrogen-bond acceptors (Lipinski definition) is 6. The van der Waals surface area contributed by atoms with Gasteiger partial charge in [-0.25, -0.2) is 19.9 Å². The van der Waals surface area contributed by atoms with Crippen LogP contribution in [0.1, 0.15) is 35.8 Å². The zero-order chi connectivity index (χ0) is 16.1. The van der Waals surface area contributed by atoms with Crippen molar-refractivity contribution >= 4 is 11.9 Å². The third-order valence-corrected chi connectivity index (χ3v) is 3.95. The molecule has 23 heavy (non-hydrogen) atoms. The zero-order valence-electron chi connectivity index (χ0n) is 13.1. The van der Waals surface area contributed by atoms with E-state index in [1.165, 1.54) is 6.33 Å². The molecule has 0 radical (unpaired) electrons. The van der Waals surface area contributed by atoms with Crippen molar-refractivity contribution in [2.75, 3.05) is 18.0 Å². The molecular weight excluding hydrogens is 292 g/mol. The van der Waals surface area contributed by atoms with Crippen molar-refractivity contribution in [3.05, 3.63) is 42.2 Å². The van der Waals surface area contributed by atoms with Gasteiger partial charge < -0.3 is 10.2 Å². The summed E-state index contributed by atoms with van der Waals surface area (Å²) in [4.78, 5) is 31.0. The summed E-state index contributed by atoms with van der Waals surface area (Å²) in [5.74, 6) is 0.560. The summed E-state index contributed by atoms with van der Waals surface area (Å²) in [6, 6.07) is 1.68. The summed E-state index contributed by atoms with van der Waals surface area (Å²) < 4.78 is 0. The van der Waals surface area contributed by atoms with Crippen LogP contribution in [0.2, 0.25) is 0 Å². The summed E-state index contributed by atoms with van der Waals surface area (Å²) in [6.07, 6.45) is 9.55. The van der Waals surface area contributed by atoms with Crippen LogP contribution in [0, 0.1) is 0 Å². The van der Waals surface area contributed by atoms with Gasteiger partial charge in [-0.2, -0.15) is 0 Å². The third kappa shape index (κ3) is 3.80. The maximum atomic E-state index is 12.2. The molecule has 1 amide bonds. The van der Waals surface area contributed by atoms with Crippen molar-refractivity contribution < 1.29 is 4.79 Å². The highest BCUT2D eigenvalue weighted by Crippen LogP contribution is 2.16. The van der Waals surface area contributed by atoms with Gasteiger partial charge in [0.2, 0.25) is 5.95 Å². The minimum atomic E-state index is -0.165. The number of aryl methyl sites for hydroxylation is 1. The number of carbonyl (C=O) groups is 1. The molecule has 1 aliphatic rings. The molecule has 1 unspecified atom stereocenters. The van der Waals surface area contributed by atoms with Gasteiger partial charge >= 0.3 is 0 Å². The van der Waals surface area contributed by atoms with E-state index in [-0.39, 0.29) is 11.9 Å². The van der Waals surface area contributed by atoms with Crippen LogP contribution in [0.3, 0.4) is 0 Å².